The number of carbonyl (C=O) groups excluding carboxylic acids is 1. The van der Waals surface area contributed by atoms with Gasteiger partial charge in [0.05, 0.1) is 24.0 Å². The number of aromatic nitrogens is 1. The predicted molar refractivity (Wildman–Crippen MR) is 86.3 cm³/mol. The van der Waals surface area contributed by atoms with Crippen molar-refractivity contribution < 1.29 is 13.9 Å². The molecule has 0 unspecified atom stereocenters. The van der Waals surface area contributed by atoms with Crippen molar-refractivity contribution in [2.75, 3.05) is 12.8 Å². The third kappa shape index (κ3) is 2.51. The van der Waals surface area contributed by atoms with Crippen molar-refractivity contribution in [2.24, 2.45) is 0 Å². The van der Waals surface area contributed by atoms with Crippen molar-refractivity contribution in [3.63, 3.8) is 0 Å². The van der Waals surface area contributed by atoms with Crippen molar-refractivity contribution in [3.05, 3.63) is 43.8 Å². The standard InChI is InChI=1S/C14H10Br2FN3O2/c1-6-8(15)3-9(16)12(10(6)17)20-5-7(4-18)11(19)13(20)14(21)22-2/h3,5H,19H2,1-2H3. The van der Waals surface area contributed by atoms with Crippen LogP contribution in [-0.4, -0.2) is 17.6 Å². The van der Waals surface area contributed by atoms with Crippen molar-refractivity contribution in [2.45, 2.75) is 6.92 Å². The highest BCUT2D eigenvalue weighted by Crippen LogP contribution is 2.35. The Bertz CT molecular complexity index is 825. The highest BCUT2D eigenvalue weighted by atomic mass is 79.9. The summed E-state index contributed by atoms with van der Waals surface area (Å²) < 4.78 is 21.5. The van der Waals surface area contributed by atoms with Crippen LogP contribution in [0.5, 0.6) is 0 Å². The number of rotatable bonds is 2. The fraction of sp³-hybridized carbons (Fsp3) is 0.143. The Hall–Kier alpha value is -1.85. The van der Waals surface area contributed by atoms with Gasteiger partial charge in [-0.1, -0.05) is 15.9 Å². The minimum atomic E-state index is -0.758. The maximum atomic E-state index is 14.6. The van der Waals surface area contributed by atoms with E-state index >= 15 is 0 Å². The van der Waals surface area contributed by atoms with E-state index in [0.717, 1.165) is 0 Å². The highest BCUT2D eigenvalue weighted by molar-refractivity contribution is 9.11. The number of carbonyl (C=O) groups is 1. The average molecular weight is 431 g/mol. The van der Waals surface area contributed by atoms with Crippen LogP contribution in [-0.2, 0) is 4.74 Å². The first kappa shape index (κ1) is 16.5. The van der Waals surface area contributed by atoms with Crippen molar-refractivity contribution in [3.8, 4) is 11.8 Å². The summed E-state index contributed by atoms with van der Waals surface area (Å²) in [4.78, 5) is 12.0. The largest absolute Gasteiger partial charge is 0.464 e. The number of ether oxygens (including phenoxy) is 1. The average Bonchev–Trinajstić information content (AvgIpc) is 2.80. The van der Waals surface area contributed by atoms with E-state index in [1.807, 2.05) is 6.07 Å². The number of benzene rings is 1. The minimum Gasteiger partial charge on any atom is -0.464 e. The molecular formula is C14H10Br2FN3O2. The van der Waals surface area contributed by atoms with E-state index in [-0.39, 0.29) is 22.6 Å². The maximum absolute atomic E-state index is 14.6. The number of esters is 1. The quantitative estimate of drug-likeness (QED) is 0.736. The van der Waals surface area contributed by atoms with Crippen molar-refractivity contribution >= 4 is 43.5 Å². The van der Waals surface area contributed by atoms with Gasteiger partial charge in [-0.2, -0.15) is 5.26 Å². The molecule has 0 saturated carbocycles. The predicted octanol–water partition coefficient (Wildman–Crippen LogP) is 3.69. The van der Waals surface area contributed by atoms with Crippen LogP contribution in [0.1, 0.15) is 21.6 Å². The third-order valence-electron chi connectivity index (χ3n) is 3.16. The fourth-order valence-electron chi connectivity index (χ4n) is 1.99. The number of nitriles is 1. The van der Waals surface area contributed by atoms with Crippen LogP contribution < -0.4 is 5.73 Å². The zero-order valence-corrected chi connectivity index (χ0v) is 14.7. The molecule has 0 radical (unpaired) electrons. The monoisotopic (exact) mass is 429 g/mol. The summed E-state index contributed by atoms with van der Waals surface area (Å²) in [7, 11) is 1.18. The lowest BCUT2D eigenvalue weighted by molar-refractivity contribution is 0.0593. The SMILES string of the molecule is COC(=O)c1c(N)c(C#N)cn1-c1c(Br)cc(Br)c(C)c1F. The first-order valence-corrected chi connectivity index (χ1v) is 7.55. The summed E-state index contributed by atoms with van der Waals surface area (Å²) in [6, 6.07) is 3.52. The summed E-state index contributed by atoms with van der Waals surface area (Å²) in [5.74, 6) is -1.31. The molecule has 2 aromatic rings. The third-order valence-corrected chi connectivity index (χ3v) is 4.59. The summed E-state index contributed by atoms with van der Waals surface area (Å²) >= 11 is 6.51. The van der Waals surface area contributed by atoms with Crippen LogP contribution in [0.3, 0.4) is 0 Å². The lowest BCUT2D eigenvalue weighted by Crippen LogP contribution is -2.13. The molecule has 0 saturated heterocycles. The number of halogens is 3. The van der Waals surface area contributed by atoms with E-state index in [4.69, 9.17) is 11.0 Å². The minimum absolute atomic E-state index is 0.0544. The van der Waals surface area contributed by atoms with E-state index in [1.165, 1.54) is 17.9 Å². The summed E-state index contributed by atoms with van der Waals surface area (Å²) in [5.41, 5.74) is 6.16. The van der Waals surface area contributed by atoms with E-state index in [0.29, 0.717) is 14.5 Å². The van der Waals surface area contributed by atoms with Crippen LogP contribution in [0, 0.1) is 24.1 Å². The van der Waals surface area contributed by atoms with Crippen LogP contribution >= 0.6 is 31.9 Å². The molecule has 0 atom stereocenters. The Morgan fingerprint density at radius 2 is 2.09 bits per heavy atom. The molecule has 2 N–H and O–H groups in total. The first-order valence-electron chi connectivity index (χ1n) is 5.97. The molecule has 0 aliphatic rings. The molecule has 0 amide bonds. The molecule has 1 aromatic carbocycles. The first-order chi connectivity index (χ1) is 10.3. The zero-order chi connectivity index (χ0) is 16.6. The Morgan fingerprint density at radius 1 is 1.45 bits per heavy atom. The maximum Gasteiger partial charge on any atom is 0.357 e. The molecule has 1 aromatic heterocycles. The molecule has 0 fully saturated rings. The van der Waals surface area contributed by atoms with Gasteiger partial charge in [0.2, 0.25) is 0 Å². The number of hydrogen-bond acceptors (Lipinski definition) is 4. The molecule has 22 heavy (non-hydrogen) atoms. The van der Waals surface area contributed by atoms with Gasteiger partial charge in [0, 0.05) is 20.7 Å². The lowest BCUT2D eigenvalue weighted by Gasteiger charge is -2.14. The van der Waals surface area contributed by atoms with Crippen LogP contribution in [0.2, 0.25) is 0 Å². The molecule has 2 rings (SSSR count). The van der Waals surface area contributed by atoms with Crippen molar-refractivity contribution in [1.29, 1.82) is 5.26 Å². The number of methoxy groups -OCH3 is 1. The Balaban J connectivity index is 2.88. The summed E-state index contributed by atoms with van der Waals surface area (Å²) in [6.45, 7) is 1.59. The summed E-state index contributed by atoms with van der Waals surface area (Å²) in [6.07, 6.45) is 1.30. The van der Waals surface area contributed by atoms with E-state index < -0.39 is 11.8 Å². The van der Waals surface area contributed by atoms with Gasteiger partial charge in [0.15, 0.2) is 11.5 Å². The fourth-order valence-corrected chi connectivity index (χ4v) is 3.29. The number of anilines is 1. The number of nitrogen functional groups attached to an aromatic ring is 1. The van der Waals surface area contributed by atoms with E-state index in [2.05, 4.69) is 36.6 Å². The van der Waals surface area contributed by atoms with Gasteiger partial charge in [0.1, 0.15) is 6.07 Å². The smallest absolute Gasteiger partial charge is 0.357 e. The molecule has 8 heteroatoms. The lowest BCUT2D eigenvalue weighted by atomic mass is 10.2. The van der Waals surface area contributed by atoms with Gasteiger partial charge in [-0.15, -0.1) is 0 Å². The number of hydrogen-bond donors (Lipinski definition) is 1. The second-order valence-corrected chi connectivity index (χ2v) is 6.11. The van der Waals surface area contributed by atoms with E-state index in [9.17, 15) is 9.18 Å². The molecule has 0 spiro atoms. The Labute approximate surface area is 142 Å². The van der Waals surface area contributed by atoms with Crippen LogP contribution in [0.4, 0.5) is 10.1 Å². The van der Waals surface area contributed by atoms with Gasteiger partial charge in [-0.25, -0.2) is 9.18 Å². The zero-order valence-electron chi connectivity index (χ0n) is 11.6. The Kier molecular flexibility index (Phi) is 4.58. The second-order valence-electron chi connectivity index (χ2n) is 4.41. The molecule has 0 bridgehead atoms. The topological polar surface area (TPSA) is 81.0 Å². The summed E-state index contributed by atoms with van der Waals surface area (Å²) in [5, 5.41) is 9.09. The van der Waals surface area contributed by atoms with Gasteiger partial charge in [-0.3, -0.25) is 0 Å². The molecule has 0 aliphatic heterocycles. The molecule has 0 aliphatic carbocycles. The molecular weight excluding hydrogens is 421 g/mol. The van der Waals surface area contributed by atoms with E-state index in [1.54, 1.807) is 13.0 Å². The second kappa shape index (κ2) is 6.10. The van der Waals surface area contributed by atoms with Crippen LogP contribution in [0.15, 0.2) is 21.2 Å². The molecule has 5 nitrogen and oxygen atoms in total. The molecule has 1 heterocycles. The molecule has 114 valence electrons. The van der Waals surface area contributed by atoms with Gasteiger partial charge >= 0.3 is 5.97 Å². The highest BCUT2D eigenvalue weighted by Gasteiger charge is 2.25. The van der Waals surface area contributed by atoms with Gasteiger partial charge in [0.25, 0.3) is 0 Å². The number of nitrogens with two attached hydrogens (primary N) is 1. The number of nitrogens with zero attached hydrogens (tertiary/aromatic N) is 2. The normalized spacial score (nSPS) is 10.4. The van der Waals surface area contributed by atoms with Gasteiger partial charge < -0.3 is 15.0 Å². The van der Waals surface area contributed by atoms with Crippen molar-refractivity contribution in [1.82, 2.24) is 4.57 Å². The van der Waals surface area contributed by atoms with Gasteiger partial charge in [-0.05, 0) is 28.9 Å². The Morgan fingerprint density at radius 3 is 2.64 bits per heavy atom. The van der Waals surface area contributed by atoms with Crippen LogP contribution in [0.25, 0.3) is 5.69 Å².